The summed E-state index contributed by atoms with van der Waals surface area (Å²) in [6.45, 7) is 7.11. The van der Waals surface area contributed by atoms with Crippen molar-refractivity contribution in [3.05, 3.63) is 12.7 Å². The number of nitrogens with one attached hydrogen (secondary N) is 1. The zero-order valence-corrected chi connectivity index (χ0v) is 10.5. The smallest absolute Gasteiger partial charge is 1.00 e. The third-order valence-corrected chi connectivity index (χ3v) is 0.616. The fourth-order valence-corrected chi connectivity index (χ4v) is 0.343. The first kappa shape index (κ1) is 22.7. The molecule has 0 atom stereocenters. The van der Waals surface area contributed by atoms with Crippen molar-refractivity contribution in [1.82, 2.24) is 5.32 Å². The SMILES string of the molecule is C=CC(=O)NC(C)C.[Ca+2].[Cl-].[Cl-]. The van der Waals surface area contributed by atoms with E-state index >= 15 is 0 Å². The number of carbonyl (C=O) groups is 1. The van der Waals surface area contributed by atoms with Crippen molar-refractivity contribution in [3.8, 4) is 0 Å². The van der Waals surface area contributed by atoms with Gasteiger partial charge >= 0.3 is 37.7 Å². The Morgan fingerprint density at radius 2 is 1.82 bits per heavy atom. The van der Waals surface area contributed by atoms with E-state index in [2.05, 4.69) is 11.9 Å². The minimum atomic E-state index is -0.111. The van der Waals surface area contributed by atoms with Crippen LogP contribution in [0.3, 0.4) is 0 Å². The fraction of sp³-hybridized carbons (Fsp3) is 0.500. The molecular formula is C6H11CaCl2NO. The molecule has 0 fully saturated rings. The van der Waals surface area contributed by atoms with Gasteiger partial charge in [0.15, 0.2) is 0 Å². The molecule has 5 heteroatoms. The van der Waals surface area contributed by atoms with Crippen molar-refractivity contribution >= 4 is 43.6 Å². The number of hydrogen-bond acceptors (Lipinski definition) is 1. The molecule has 0 aliphatic heterocycles. The number of hydrogen-bond donors (Lipinski definition) is 1. The molecule has 0 heterocycles. The Balaban J connectivity index is -0.0000000817. The van der Waals surface area contributed by atoms with Crippen molar-refractivity contribution in [2.24, 2.45) is 0 Å². The summed E-state index contributed by atoms with van der Waals surface area (Å²) in [5, 5.41) is 2.64. The molecule has 0 saturated heterocycles. The third kappa shape index (κ3) is 18.2. The van der Waals surface area contributed by atoms with Crippen LogP contribution >= 0.6 is 0 Å². The van der Waals surface area contributed by atoms with Crippen LogP contribution in [0.1, 0.15) is 13.8 Å². The van der Waals surface area contributed by atoms with E-state index < -0.39 is 0 Å². The molecule has 0 saturated carbocycles. The van der Waals surface area contributed by atoms with Gasteiger partial charge in [0.2, 0.25) is 5.91 Å². The molecule has 0 aliphatic rings. The van der Waals surface area contributed by atoms with Crippen LogP contribution in [0.2, 0.25) is 0 Å². The van der Waals surface area contributed by atoms with Gasteiger partial charge in [-0.05, 0) is 19.9 Å². The number of carbonyl (C=O) groups excluding carboxylic acids is 1. The van der Waals surface area contributed by atoms with Gasteiger partial charge < -0.3 is 30.1 Å². The van der Waals surface area contributed by atoms with E-state index in [4.69, 9.17) is 0 Å². The minimum absolute atomic E-state index is 0. The van der Waals surface area contributed by atoms with Gasteiger partial charge in [-0.1, -0.05) is 6.58 Å². The zero-order chi connectivity index (χ0) is 6.57. The molecule has 0 unspecified atom stereocenters. The number of halogens is 2. The second kappa shape index (κ2) is 13.6. The molecule has 0 spiro atoms. The van der Waals surface area contributed by atoms with E-state index in [1.54, 1.807) is 0 Å². The van der Waals surface area contributed by atoms with Crippen LogP contribution in [0.5, 0.6) is 0 Å². The first-order chi connectivity index (χ1) is 3.66. The predicted octanol–water partition coefficient (Wildman–Crippen LogP) is -5.68. The first-order valence-corrected chi connectivity index (χ1v) is 2.59. The summed E-state index contributed by atoms with van der Waals surface area (Å²) in [6, 6.07) is 0.209. The average Bonchev–Trinajstić information content (AvgIpc) is 1.65. The quantitative estimate of drug-likeness (QED) is 0.367. The molecule has 62 valence electrons. The van der Waals surface area contributed by atoms with Crippen LogP contribution in [0.15, 0.2) is 12.7 Å². The minimum Gasteiger partial charge on any atom is -1.00 e. The molecular weight excluding hydrogens is 213 g/mol. The summed E-state index contributed by atoms with van der Waals surface area (Å²) in [5.74, 6) is -0.111. The van der Waals surface area contributed by atoms with Gasteiger partial charge in [0.25, 0.3) is 0 Å². The molecule has 0 aromatic carbocycles. The largest absolute Gasteiger partial charge is 2.00 e. The summed E-state index contributed by atoms with van der Waals surface area (Å²) in [5.41, 5.74) is 0. The molecule has 0 aromatic heterocycles. The van der Waals surface area contributed by atoms with Crippen LogP contribution in [0.25, 0.3) is 0 Å². The van der Waals surface area contributed by atoms with E-state index in [-0.39, 0.29) is 74.5 Å². The number of rotatable bonds is 2. The van der Waals surface area contributed by atoms with Gasteiger partial charge in [-0.2, -0.15) is 0 Å². The van der Waals surface area contributed by atoms with Crippen molar-refractivity contribution in [2.45, 2.75) is 19.9 Å². The van der Waals surface area contributed by atoms with Crippen LogP contribution in [0, 0.1) is 0 Å². The van der Waals surface area contributed by atoms with Gasteiger partial charge in [0.05, 0.1) is 0 Å². The topological polar surface area (TPSA) is 29.1 Å². The molecule has 0 rings (SSSR count). The second-order valence-electron chi connectivity index (χ2n) is 1.87. The summed E-state index contributed by atoms with van der Waals surface area (Å²) < 4.78 is 0. The Kier molecular flexibility index (Phi) is 28.1. The normalized spacial score (nSPS) is 6.45. The van der Waals surface area contributed by atoms with Crippen molar-refractivity contribution in [1.29, 1.82) is 0 Å². The maximum Gasteiger partial charge on any atom is 2.00 e. The monoisotopic (exact) mass is 223 g/mol. The second-order valence-corrected chi connectivity index (χ2v) is 1.87. The van der Waals surface area contributed by atoms with E-state index in [1.165, 1.54) is 6.08 Å². The molecule has 0 aliphatic carbocycles. The zero-order valence-electron chi connectivity index (χ0n) is 6.73. The Labute approximate surface area is 110 Å². The molecule has 2 nitrogen and oxygen atoms in total. The van der Waals surface area contributed by atoms with Gasteiger partial charge in [0, 0.05) is 6.04 Å². The molecule has 1 N–H and O–H groups in total. The maximum atomic E-state index is 10.4. The molecule has 0 aromatic rings. The van der Waals surface area contributed by atoms with Gasteiger partial charge in [-0.15, -0.1) is 0 Å². The van der Waals surface area contributed by atoms with E-state index in [0.717, 1.165) is 0 Å². The number of amides is 1. The average molecular weight is 224 g/mol. The fourth-order valence-electron chi connectivity index (χ4n) is 0.343. The Morgan fingerprint density at radius 3 is 1.91 bits per heavy atom. The van der Waals surface area contributed by atoms with Crippen LogP contribution in [-0.2, 0) is 4.79 Å². The molecule has 1 amide bonds. The van der Waals surface area contributed by atoms with Gasteiger partial charge in [-0.3, -0.25) is 4.79 Å². The van der Waals surface area contributed by atoms with Crippen molar-refractivity contribution in [3.63, 3.8) is 0 Å². The van der Waals surface area contributed by atoms with E-state index in [1.807, 2.05) is 13.8 Å². The summed E-state index contributed by atoms with van der Waals surface area (Å²) in [6.07, 6.45) is 1.26. The van der Waals surface area contributed by atoms with Crippen molar-refractivity contribution in [2.75, 3.05) is 0 Å². The molecule has 0 radical (unpaired) electrons. The van der Waals surface area contributed by atoms with Crippen molar-refractivity contribution < 1.29 is 29.6 Å². The Bertz CT molecular complexity index is 109. The van der Waals surface area contributed by atoms with Gasteiger partial charge in [-0.25, -0.2) is 0 Å². The predicted molar refractivity (Wildman–Crippen MR) is 39.2 cm³/mol. The summed E-state index contributed by atoms with van der Waals surface area (Å²) in [4.78, 5) is 10.4. The maximum absolute atomic E-state index is 10.4. The summed E-state index contributed by atoms with van der Waals surface area (Å²) >= 11 is 0. The standard InChI is InChI=1S/C6H11NO.Ca.2ClH/c1-4-6(8)7-5(2)3;;;/h4-5H,1H2,2-3H3,(H,7,8);;2*1H/q;+2;;/p-2. The Hall–Kier alpha value is 1.05. The first-order valence-electron chi connectivity index (χ1n) is 2.59. The molecule has 11 heavy (non-hydrogen) atoms. The van der Waals surface area contributed by atoms with E-state index in [9.17, 15) is 4.79 Å². The van der Waals surface area contributed by atoms with Crippen LogP contribution < -0.4 is 30.1 Å². The Morgan fingerprint density at radius 1 is 1.45 bits per heavy atom. The third-order valence-electron chi connectivity index (χ3n) is 0.616. The van der Waals surface area contributed by atoms with E-state index in [0.29, 0.717) is 0 Å². The van der Waals surface area contributed by atoms with Crippen LogP contribution in [-0.4, -0.2) is 49.7 Å². The van der Waals surface area contributed by atoms with Gasteiger partial charge in [0.1, 0.15) is 0 Å². The molecule has 0 bridgehead atoms. The summed E-state index contributed by atoms with van der Waals surface area (Å²) in [7, 11) is 0. The van der Waals surface area contributed by atoms with Crippen LogP contribution in [0.4, 0.5) is 0 Å².